The smallest absolute Gasteiger partial charge is 0.269 e. The van der Waals surface area contributed by atoms with E-state index in [1.807, 2.05) is 30.3 Å². The summed E-state index contributed by atoms with van der Waals surface area (Å²) in [5, 5.41) is 5.64. The molecule has 0 atom stereocenters. The second kappa shape index (κ2) is 8.00. The van der Waals surface area contributed by atoms with Gasteiger partial charge in [0.2, 0.25) is 5.82 Å². The maximum absolute atomic E-state index is 13.3. The summed E-state index contributed by atoms with van der Waals surface area (Å²) in [7, 11) is -2.28. The molecule has 0 aliphatic rings. The number of rotatable bonds is 6. The number of hydrogen-bond donors (Lipinski definition) is 0. The molecule has 1 aromatic carbocycles. The van der Waals surface area contributed by atoms with Gasteiger partial charge in [0.25, 0.3) is 15.9 Å². The van der Waals surface area contributed by atoms with E-state index in [0.717, 1.165) is 5.56 Å². The van der Waals surface area contributed by atoms with Gasteiger partial charge in [0.15, 0.2) is 0 Å². The van der Waals surface area contributed by atoms with Gasteiger partial charge in [-0.05, 0) is 47.2 Å². The average molecular weight is 441 g/mol. The Labute approximate surface area is 179 Å². The third-order valence-electron chi connectivity index (χ3n) is 4.71. The number of benzene rings is 1. The molecule has 30 heavy (non-hydrogen) atoms. The highest BCUT2D eigenvalue weighted by Crippen LogP contribution is 2.35. The molecule has 0 amide bonds. The Hall–Kier alpha value is -3.04. The summed E-state index contributed by atoms with van der Waals surface area (Å²) in [6.07, 6.45) is 1.63. The Kier molecular flexibility index (Phi) is 5.40. The topological polar surface area (TPSA) is 89.2 Å². The summed E-state index contributed by atoms with van der Waals surface area (Å²) in [5.74, 6) is 0.822. The summed E-state index contributed by atoms with van der Waals surface area (Å²) < 4.78 is 33.2. The first-order chi connectivity index (χ1) is 14.4. The summed E-state index contributed by atoms with van der Waals surface area (Å²) >= 11 is 1.23. The van der Waals surface area contributed by atoms with Crippen molar-refractivity contribution in [1.82, 2.24) is 15.1 Å². The molecular formula is C21H20N4O3S2. The lowest BCUT2D eigenvalue weighted by atomic mass is 10.0. The van der Waals surface area contributed by atoms with E-state index >= 15 is 0 Å². The van der Waals surface area contributed by atoms with Crippen molar-refractivity contribution in [3.8, 4) is 22.3 Å². The second-order valence-electron chi connectivity index (χ2n) is 6.97. The number of pyridine rings is 1. The number of hydrogen-bond acceptors (Lipinski definition) is 7. The predicted octanol–water partition coefficient (Wildman–Crippen LogP) is 4.81. The van der Waals surface area contributed by atoms with Gasteiger partial charge in [0.05, 0.1) is 5.69 Å². The minimum atomic E-state index is -3.82. The summed E-state index contributed by atoms with van der Waals surface area (Å²) in [5.41, 5.74) is 2.28. The van der Waals surface area contributed by atoms with Gasteiger partial charge < -0.3 is 4.52 Å². The van der Waals surface area contributed by atoms with Crippen LogP contribution >= 0.6 is 11.3 Å². The molecular weight excluding hydrogens is 420 g/mol. The van der Waals surface area contributed by atoms with E-state index in [0.29, 0.717) is 28.0 Å². The molecule has 0 aliphatic heterocycles. The monoisotopic (exact) mass is 440 g/mol. The molecule has 0 fully saturated rings. The molecule has 0 bridgehead atoms. The quantitative estimate of drug-likeness (QED) is 0.427. The lowest BCUT2D eigenvalue weighted by molar-refractivity contribution is 0.432. The highest BCUT2D eigenvalue weighted by atomic mass is 32.2. The molecule has 0 aliphatic carbocycles. The normalized spacial score (nSPS) is 11.7. The number of nitrogens with zero attached hydrogens (tertiary/aromatic N) is 4. The van der Waals surface area contributed by atoms with Gasteiger partial charge >= 0.3 is 0 Å². The molecule has 4 rings (SSSR count). The molecule has 0 spiro atoms. The van der Waals surface area contributed by atoms with Crippen LogP contribution in [0.15, 0.2) is 69.5 Å². The third kappa shape index (κ3) is 3.73. The molecule has 0 unspecified atom stereocenters. The number of aromatic nitrogens is 3. The minimum Gasteiger partial charge on any atom is -0.333 e. The van der Waals surface area contributed by atoms with E-state index in [4.69, 9.17) is 4.52 Å². The molecule has 154 valence electrons. The lowest BCUT2D eigenvalue weighted by Crippen LogP contribution is -2.26. The van der Waals surface area contributed by atoms with Crippen molar-refractivity contribution in [2.24, 2.45) is 0 Å². The zero-order valence-corrected chi connectivity index (χ0v) is 18.3. The lowest BCUT2D eigenvalue weighted by Gasteiger charge is -2.20. The Balaban J connectivity index is 1.67. The van der Waals surface area contributed by atoms with Crippen LogP contribution in [0.4, 0.5) is 5.69 Å². The van der Waals surface area contributed by atoms with Crippen LogP contribution in [0.1, 0.15) is 25.3 Å². The van der Waals surface area contributed by atoms with Crippen LogP contribution in [-0.4, -0.2) is 30.6 Å². The fourth-order valence-electron chi connectivity index (χ4n) is 2.93. The SMILES string of the molecule is CC(C)c1ccc(N(C)S(=O)(=O)c2ccsc2-c2nc(-c3ccccn3)no2)cc1. The van der Waals surface area contributed by atoms with Crippen LogP contribution < -0.4 is 4.31 Å². The van der Waals surface area contributed by atoms with Gasteiger partial charge in [-0.15, -0.1) is 11.3 Å². The van der Waals surface area contributed by atoms with E-state index in [1.165, 1.54) is 22.7 Å². The molecule has 7 nitrogen and oxygen atoms in total. The predicted molar refractivity (Wildman–Crippen MR) is 117 cm³/mol. The number of anilines is 1. The maximum Gasteiger partial charge on any atom is 0.269 e. The zero-order valence-electron chi connectivity index (χ0n) is 16.7. The van der Waals surface area contributed by atoms with Crippen molar-refractivity contribution in [1.29, 1.82) is 0 Å². The van der Waals surface area contributed by atoms with Crippen LogP contribution in [-0.2, 0) is 10.0 Å². The Morgan fingerprint density at radius 2 is 1.83 bits per heavy atom. The average Bonchev–Trinajstić information content (AvgIpc) is 3.43. The highest BCUT2D eigenvalue weighted by molar-refractivity contribution is 7.93. The van der Waals surface area contributed by atoms with Crippen LogP contribution in [0.2, 0.25) is 0 Å². The number of sulfonamides is 1. The standard InChI is InChI=1S/C21H20N4O3S2/c1-14(2)15-7-9-16(10-8-15)25(3)30(26,27)18-11-13-29-19(18)21-23-20(24-28-21)17-6-4-5-12-22-17/h4-14H,1-3H3. The van der Waals surface area contributed by atoms with Gasteiger partial charge in [-0.25, -0.2) is 8.42 Å². The van der Waals surface area contributed by atoms with E-state index in [1.54, 1.807) is 29.8 Å². The van der Waals surface area contributed by atoms with Gasteiger partial charge in [-0.3, -0.25) is 9.29 Å². The largest absolute Gasteiger partial charge is 0.333 e. The molecule has 0 N–H and O–H groups in total. The van der Waals surface area contributed by atoms with Crippen LogP contribution in [0.25, 0.3) is 22.3 Å². The van der Waals surface area contributed by atoms with Gasteiger partial charge in [0, 0.05) is 13.2 Å². The van der Waals surface area contributed by atoms with E-state index in [2.05, 4.69) is 29.0 Å². The second-order valence-corrected chi connectivity index (χ2v) is 9.82. The molecule has 3 heterocycles. The van der Waals surface area contributed by atoms with E-state index in [9.17, 15) is 8.42 Å². The van der Waals surface area contributed by atoms with Crippen LogP contribution in [0, 0.1) is 0 Å². The fourth-order valence-corrected chi connectivity index (χ4v) is 5.44. The van der Waals surface area contributed by atoms with Gasteiger partial charge in [0.1, 0.15) is 15.5 Å². The molecule has 4 aromatic rings. The molecule has 9 heteroatoms. The van der Waals surface area contributed by atoms with Crippen molar-refractivity contribution in [2.75, 3.05) is 11.4 Å². The highest BCUT2D eigenvalue weighted by Gasteiger charge is 2.28. The molecule has 3 aromatic heterocycles. The third-order valence-corrected chi connectivity index (χ3v) is 7.56. The van der Waals surface area contributed by atoms with Crippen LogP contribution in [0.5, 0.6) is 0 Å². The Morgan fingerprint density at radius 3 is 2.50 bits per heavy atom. The first-order valence-corrected chi connectivity index (χ1v) is 11.6. The van der Waals surface area contributed by atoms with Crippen molar-refractivity contribution >= 4 is 27.0 Å². The minimum absolute atomic E-state index is 0.124. The van der Waals surface area contributed by atoms with Crippen LogP contribution in [0.3, 0.4) is 0 Å². The van der Waals surface area contributed by atoms with E-state index < -0.39 is 10.0 Å². The van der Waals surface area contributed by atoms with Gasteiger partial charge in [-0.2, -0.15) is 4.98 Å². The summed E-state index contributed by atoms with van der Waals surface area (Å²) in [6, 6.07) is 14.4. The number of thiophene rings is 1. The van der Waals surface area contributed by atoms with Gasteiger partial charge in [-0.1, -0.05) is 37.2 Å². The maximum atomic E-state index is 13.3. The van der Waals surface area contributed by atoms with Crippen molar-refractivity contribution < 1.29 is 12.9 Å². The first kappa shape index (κ1) is 20.2. The molecule has 0 saturated heterocycles. The van der Waals surface area contributed by atoms with E-state index in [-0.39, 0.29) is 10.8 Å². The fraction of sp³-hybridized carbons (Fsp3) is 0.190. The van der Waals surface area contributed by atoms with Crippen molar-refractivity contribution in [2.45, 2.75) is 24.7 Å². The summed E-state index contributed by atoms with van der Waals surface area (Å²) in [4.78, 5) is 9.06. The van der Waals surface area contributed by atoms with Crippen molar-refractivity contribution in [3.63, 3.8) is 0 Å². The molecule has 0 radical (unpaired) electrons. The van der Waals surface area contributed by atoms with Crippen molar-refractivity contribution in [3.05, 3.63) is 65.7 Å². The Morgan fingerprint density at radius 1 is 1.07 bits per heavy atom. The molecule has 0 saturated carbocycles. The Bertz CT molecular complexity index is 1250. The summed E-state index contributed by atoms with van der Waals surface area (Å²) in [6.45, 7) is 4.19. The zero-order chi connectivity index (χ0) is 21.3. The first-order valence-electron chi connectivity index (χ1n) is 9.30.